The van der Waals surface area contributed by atoms with Crippen molar-refractivity contribution >= 4 is 21.7 Å². The van der Waals surface area contributed by atoms with Crippen molar-refractivity contribution in [3.05, 3.63) is 34.4 Å². The fraction of sp³-hybridized carbons (Fsp3) is 0.417. The largest absolute Gasteiger partial charge is 0.480 e. The van der Waals surface area contributed by atoms with E-state index < -0.39 is 33.1 Å². The van der Waals surface area contributed by atoms with Crippen LogP contribution < -0.4 is 0 Å². The number of non-ortho nitro benzene ring substituents is 1. The van der Waals surface area contributed by atoms with Crippen LogP contribution in [0.3, 0.4) is 0 Å². The number of sulfonamides is 1. The number of nitro groups is 1. The molecule has 1 saturated heterocycles. The molecule has 1 aromatic carbocycles. The van der Waals surface area contributed by atoms with E-state index in [0.717, 1.165) is 28.6 Å². The van der Waals surface area contributed by atoms with Gasteiger partial charge in [0.25, 0.3) is 5.69 Å². The van der Waals surface area contributed by atoms with Gasteiger partial charge in [-0.05, 0) is 25.0 Å². The van der Waals surface area contributed by atoms with E-state index in [1.165, 1.54) is 0 Å². The van der Waals surface area contributed by atoms with Crippen LogP contribution >= 0.6 is 0 Å². The Balaban J connectivity index is 2.38. The second-order valence-corrected chi connectivity index (χ2v) is 6.80. The van der Waals surface area contributed by atoms with Gasteiger partial charge in [0, 0.05) is 18.7 Å². The zero-order chi connectivity index (χ0) is 16.5. The molecule has 22 heavy (non-hydrogen) atoms. The number of hydrogen-bond donors (Lipinski definition) is 2. The van der Waals surface area contributed by atoms with Gasteiger partial charge < -0.3 is 10.2 Å². The number of hydrogen-bond acceptors (Lipinski definition) is 6. The molecule has 0 aromatic heterocycles. The van der Waals surface area contributed by atoms with Crippen molar-refractivity contribution in [2.75, 3.05) is 6.54 Å². The molecule has 0 unspecified atom stereocenters. The Morgan fingerprint density at radius 3 is 2.36 bits per heavy atom. The standard InChI is InChI=1S/C12H14N2O7S/c15-9-3-6-11(12(16)17)13(7-9)22(20,21)10-4-1-8(2-5-10)14(18)19/h1-2,4-5,9,11,15H,3,6-7H2,(H,16,17)/t9-,11-/m0/s1. The quantitative estimate of drug-likeness (QED) is 0.593. The Morgan fingerprint density at radius 1 is 1.27 bits per heavy atom. The Labute approximate surface area is 126 Å². The molecule has 9 nitrogen and oxygen atoms in total. The van der Waals surface area contributed by atoms with Gasteiger partial charge in [0.05, 0.1) is 15.9 Å². The van der Waals surface area contributed by atoms with Crippen LogP contribution in [-0.2, 0) is 14.8 Å². The molecule has 1 fully saturated rings. The number of carbonyl (C=O) groups is 1. The number of β-amino-alcohol motifs (C(OH)–C–C–N with tert-alkyl or cyclic N) is 1. The minimum atomic E-state index is -4.16. The first-order chi connectivity index (χ1) is 10.2. The van der Waals surface area contributed by atoms with Crippen LogP contribution in [0.25, 0.3) is 0 Å². The molecular weight excluding hydrogens is 316 g/mol. The molecule has 0 bridgehead atoms. The molecule has 1 aliphatic rings. The molecule has 120 valence electrons. The highest BCUT2D eigenvalue weighted by Crippen LogP contribution is 2.26. The number of piperidine rings is 1. The molecule has 1 aliphatic heterocycles. The smallest absolute Gasteiger partial charge is 0.322 e. The zero-order valence-corrected chi connectivity index (χ0v) is 12.1. The fourth-order valence-corrected chi connectivity index (χ4v) is 3.96. The molecular formula is C12H14N2O7S. The van der Waals surface area contributed by atoms with E-state index in [0.29, 0.717) is 0 Å². The Hall–Kier alpha value is -2.04. The topological polar surface area (TPSA) is 138 Å². The lowest BCUT2D eigenvalue weighted by Gasteiger charge is -2.34. The summed E-state index contributed by atoms with van der Waals surface area (Å²) in [5, 5.41) is 29.3. The zero-order valence-electron chi connectivity index (χ0n) is 11.3. The molecule has 2 rings (SSSR count). The summed E-state index contributed by atoms with van der Waals surface area (Å²) in [5.41, 5.74) is -0.271. The van der Waals surface area contributed by atoms with Crippen LogP contribution in [0.4, 0.5) is 5.69 Å². The Morgan fingerprint density at radius 2 is 1.86 bits per heavy atom. The molecule has 0 spiro atoms. The van der Waals surface area contributed by atoms with Gasteiger partial charge in [0.15, 0.2) is 0 Å². The third-order valence-corrected chi connectivity index (χ3v) is 5.34. The van der Waals surface area contributed by atoms with Gasteiger partial charge in [0.1, 0.15) is 6.04 Å². The van der Waals surface area contributed by atoms with Crippen LogP contribution in [0.2, 0.25) is 0 Å². The van der Waals surface area contributed by atoms with Crippen LogP contribution in [0.5, 0.6) is 0 Å². The van der Waals surface area contributed by atoms with Crippen molar-refractivity contribution in [2.24, 2.45) is 0 Å². The highest BCUT2D eigenvalue weighted by atomic mass is 32.2. The number of rotatable bonds is 4. The third kappa shape index (κ3) is 3.08. The normalized spacial score (nSPS) is 23.1. The van der Waals surface area contributed by atoms with Crippen LogP contribution in [0, 0.1) is 10.1 Å². The average molecular weight is 330 g/mol. The number of nitro benzene ring substituents is 1. The molecule has 2 N–H and O–H groups in total. The Kier molecular flexibility index (Phi) is 4.44. The number of aliphatic carboxylic acids is 1. The minimum Gasteiger partial charge on any atom is -0.480 e. The first kappa shape index (κ1) is 16.3. The third-order valence-electron chi connectivity index (χ3n) is 3.45. The maximum atomic E-state index is 12.5. The summed E-state index contributed by atoms with van der Waals surface area (Å²) in [6, 6.07) is 2.90. The summed E-state index contributed by atoms with van der Waals surface area (Å²) in [6.45, 7) is -0.323. The first-order valence-electron chi connectivity index (χ1n) is 6.40. The second kappa shape index (κ2) is 5.99. The number of nitrogens with zero attached hydrogens (tertiary/aromatic N) is 2. The fourth-order valence-electron chi connectivity index (χ4n) is 2.31. The van der Waals surface area contributed by atoms with Gasteiger partial charge in [-0.1, -0.05) is 0 Å². The number of carboxylic acid groups (broad SMARTS) is 1. The average Bonchev–Trinajstić information content (AvgIpc) is 2.46. The summed E-state index contributed by atoms with van der Waals surface area (Å²) in [6.07, 6.45) is -0.741. The van der Waals surface area contributed by atoms with Crippen molar-refractivity contribution < 1.29 is 28.3 Å². The maximum absolute atomic E-state index is 12.5. The summed E-state index contributed by atoms with van der Waals surface area (Å²) in [5.74, 6) is -1.29. The van der Waals surface area contributed by atoms with E-state index in [2.05, 4.69) is 0 Å². The van der Waals surface area contributed by atoms with Gasteiger partial charge in [-0.25, -0.2) is 8.42 Å². The highest BCUT2D eigenvalue weighted by molar-refractivity contribution is 7.89. The van der Waals surface area contributed by atoms with Gasteiger partial charge in [-0.15, -0.1) is 0 Å². The minimum absolute atomic E-state index is 0.00269. The summed E-state index contributed by atoms with van der Waals surface area (Å²) >= 11 is 0. The summed E-state index contributed by atoms with van der Waals surface area (Å²) in [4.78, 5) is 20.9. The van der Waals surface area contributed by atoms with Crippen LogP contribution in [-0.4, -0.2) is 52.5 Å². The van der Waals surface area contributed by atoms with Crippen molar-refractivity contribution in [1.29, 1.82) is 0 Å². The van der Waals surface area contributed by atoms with Crippen LogP contribution in [0.15, 0.2) is 29.2 Å². The monoisotopic (exact) mass is 330 g/mol. The molecule has 1 aromatic rings. The Bertz CT molecular complexity index is 686. The lowest BCUT2D eigenvalue weighted by Crippen LogP contribution is -2.51. The van der Waals surface area contributed by atoms with Crippen molar-refractivity contribution in [3.8, 4) is 0 Å². The number of aliphatic hydroxyl groups is 1. The van der Waals surface area contributed by atoms with E-state index >= 15 is 0 Å². The lowest BCUT2D eigenvalue weighted by molar-refractivity contribution is -0.384. The number of benzene rings is 1. The van der Waals surface area contributed by atoms with Gasteiger partial charge in [0.2, 0.25) is 10.0 Å². The molecule has 0 radical (unpaired) electrons. The summed E-state index contributed by atoms with van der Waals surface area (Å²) in [7, 11) is -4.16. The second-order valence-electron chi connectivity index (χ2n) is 4.91. The molecule has 0 amide bonds. The number of aliphatic hydroxyl groups excluding tert-OH is 1. The van der Waals surface area contributed by atoms with Gasteiger partial charge in [-0.2, -0.15) is 4.31 Å². The van der Waals surface area contributed by atoms with E-state index in [4.69, 9.17) is 5.11 Å². The highest BCUT2D eigenvalue weighted by Gasteiger charge is 2.40. The lowest BCUT2D eigenvalue weighted by atomic mass is 10.0. The van der Waals surface area contributed by atoms with E-state index in [-0.39, 0.29) is 30.0 Å². The maximum Gasteiger partial charge on any atom is 0.322 e. The molecule has 0 saturated carbocycles. The first-order valence-corrected chi connectivity index (χ1v) is 7.84. The van der Waals surface area contributed by atoms with Crippen LogP contribution in [0.1, 0.15) is 12.8 Å². The van der Waals surface area contributed by atoms with E-state index in [1.807, 2.05) is 0 Å². The van der Waals surface area contributed by atoms with E-state index in [9.17, 15) is 28.4 Å². The van der Waals surface area contributed by atoms with Crippen molar-refractivity contribution in [3.63, 3.8) is 0 Å². The number of carboxylic acids is 1. The predicted molar refractivity (Wildman–Crippen MR) is 73.7 cm³/mol. The van der Waals surface area contributed by atoms with E-state index in [1.54, 1.807) is 0 Å². The van der Waals surface area contributed by atoms with Crippen molar-refractivity contribution in [1.82, 2.24) is 4.31 Å². The van der Waals surface area contributed by atoms with Gasteiger partial charge in [-0.3, -0.25) is 14.9 Å². The molecule has 0 aliphatic carbocycles. The molecule has 2 atom stereocenters. The predicted octanol–water partition coefficient (Wildman–Crippen LogP) is 0.193. The van der Waals surface area contributed by atoms with Crippen molar-refractivity contribution in [2.45, 2.75) is 29.9 Å². The SMILES string of the molecule is O=C(O)[C@@H]1CC[C@H](O)CN1S(=O)(=O)c1ccc([N+](=O)[O-])cc1. The molecule has 10 heteroatoms. The summed E-state index contributed by atoms with van der Waals surface area (Å²) < 4.78 is 25.7. The molecule has 1 heterocycles. The van der Waals surface area contributed by atoms with Gasteiger partial charge >= 0.3 is 5.97 Å².